The maximum Gasteiger partial charge on any atom is 0.219 e. The van der Waals surface area contributed by atoms with Crippen LogP contribution in [0.4, 0.5) is 0 Å². The average molecular weight is 271 g/mol. The van der Waals surface area contributed by atoms with Crippen molar-refractivity contribution in [2.75, 3.05) is 13.1 Å². The van der Waals surface area contributed by atoms with Gasteiger partial charge in [0.25, 0.3) is 0 Å². The summed E-state index contributed by atoms with van der Waals surface area (Å²) in [7, 11) is 0. The predicted molar refractivity (Wildman–Crippen MR) is 73.4 cm³/mol. The number of hydrogen-bond donors (Lipinski definition) is 0. The van der Waals surface area contributed by atoms with Gasteiger partial charge in [0, 0.05) is 50.7 Å². The molecule has 1 aliphatic rings. The third-order valence-corrected chi connectivity index (χ3v) is 3.78. The van der Waals surface area contributed by atoms with Crippen LogP contribution in [0.15, 0.2) is 31.1 Å². The summed E-state index contributed by atoms with van der Waals surface area (Å²) < 4.78 is 1.89. The molecule has 0 aliphatic carbocycles. The number of amides is 1. The van der Waals surface area contributed by atoms with Crippen LogP contribution in [0.2, 0.25) is 0 Å². The number of carbonyl (C=O) groups is 1. The Morgan fingerprint density at radius 2 is 1.95 bits per heavy atom. The molecule has 0 bridgehead atoms. The van der Waals surface area contributed by atoms with Gasteiger partial charge in [0.1, 0.15) is 6.33 Å². The predicted octanol–water partition coefficient (Wildman–Crippen LogP) is 1.39. The molecule has 6 heteroatoms. The molecule has 0 spiro atoms. The second-order valence-electron chi connectivity index (χ2n) is 5.02. The van der Waals surface area contributed by atoms with E-state index >= 15 is 0 Å². The van der Waals surface area contributed by atoms with Crippen LogP contribution in [0.3, 0.4) is 0 Å². The van der Waals surface area contributed by atoms with Crippen molar-refractivity contribution in [3.8, 4) is 5.82 Å². The Kier molecular flexibility index (Phi) is 3.45. The zero-order valence-corrected chi connectivity index (χ0v) is 11.4. The molecule has 0 unspecified atom stereocenters. The van der Waals surface area contributed by atoms with Crippen molar-refractivity contribution in [2.45, 2.75) is 25.7 Å². The van der Waals surface area contributed by atoms with Crippen molar-refractivity contribution in [1.29, 1.82) is 0 Å². The first-order chi connectivity index (χ1) is 9.75. The molecule has 0 atom stereocenters. The highest BCUT2D eigenvalue weighted by atomic mass is 16.2. The lowest BCUT2D eigenvalue weighted by Gasteiger charge is -2.31. The first-order valence-corrected chi connectivity index (χ1v) is 6.80. The number of carbonyl (C=O) groups excluding carboxylic acids is 1. The standard InChI is InChI=1S/C14H17N5O/c1-11(20)18-7-2-12(3-8-18)13-14(17-5-4-16-13)19-9-6-15-10-19/h4-6,9-10,12H,2-3,7-8H2,1H3. The summed E-state index contributed by atoms with van der Waals surface area (Å²) in [4.78, 5) is 26.3. The van der Waals surface area contributed by atoms with Crippen molar-refractivity contribution in [3.05, 3.63) is 36.8 Å². The van der Waals surface area contributed by atoms with Gasteiger partial charge in [-0.05, 0) is 12.8 Å². The van der Waals surface area contributed by atoms with Crippen LogP contribution in [-0.4, -0.2) is 43.4 Å². The van der Waals surface area contributed by atoms with Gasteiger partial charge in [0.05, 0.1) is 5.69 Å². The summed E-state index contributed by atoms with van der Waals surface area (Å²) >= 11 is 0. The van der Waals surface area contributed by atoms with Gasteiger partial charge >= 0.3 is 0 Å². The van der Waals surface area contributed by atoms with Crippen LogP contribution >= 0.6 is 0 Å². The Hall–Kier alpha value is -2.24. The topological polar surface area (TPSA) is 63.9 Å². The molecule has 3 rings (SSSR count). The first kappa shape index (κ1) is 12.8. The molecule has 3 heterocycles. The van der Waals surface area contributed by atoms with Crippen molar-refractivity contribution in [2.24, 2.45) is 0 Å². The highest BCUT2D eigenvalue weighted by molar-refractivity contribution is 5.73. The van der Waals surface area contributed by atoms with E-state index in [0.717, 1.165) is 37.4 Å². The SMILES string of the molecule is CC(=O)N1CCC(c2nccnc2-n2ccnc2)CC1. The minimum absolute atomic E-state index is 0.150. The minimum atomic E-state index is 0.150. The van der Waals surface area contributed by atoms with E-state index < -0.39 is 0 Å². The molecular formula is C14H17N5O. The van der Waals surface area contributed by atoms with E-state index in [1.165, 1.54) is 0 Å². The van der Waals surface area contributed by atoms with Crippen molar-refractivity contribution in [1.82, 2.24) is 24.4 Å². The quantitative estimate of drug-likeness (QED) is 0.828. The van der Waals surface area contributed by atoms with Gasteiger partial charge in [-0.1, -0.05) is 0 Å². The summed E-state index contributed by atoms with van der Waals surface area (Å²) in [5, 5.41) is 0. The molecule has 1 saturated heterocycles. The molecule has 6 nitrogen and oxygen atoms in total. The second kappa shape index (κ2) is 5.40. The lowest BCUT2D eigenvalue weighted by Crippen LogP contribution is -2.36. The van der Waals surface area contributed by atoms with Gasteiger partial charge in [-0.15, -0.1) is 0 Å². The highest BCUT2D eigenvalue weighted by Crippen LogP contribution is 2.29. The molecule has 2 aromatic rings. The van der Waals surface area contributed by atoms with Gasteiger partial charge in [-0.3, -0.25) is 14.3 Å². The van der Waals surface area contributed by atoms with Gasteiger partial charge in [0.2, 0.25) is 5.91 Å². The Balaban J connectivity index is 1.83. The maximum atomic E-state index is 11.4. The van der Waals surface area contributed by atoms with E-state index in [9.17, 15) is 4.79 Å². The fraction of sp³-hybridized carbons (Fsp3) is 0.429. The molecule has 1 aliphatic heterocycles. The normalized spacial score (nSPS) is 16.4. The summed E-state index contributed by atoms with van der Waals surface area (Å²) in [6, 6.07) is 0. The average Bonchev–Trinajstić information content (AvgIpc) is 3.01. The smallest absolute Gasteiger partial charge is 0.219 e. The fourth-order valence-electron chi connectivity index (χ4n) is 2.68. The Morgan fingerprint density at radius 1 is 1.20 bits per heavy atom. The molecule has 1 fully saturated rings. The number of rotatable bonds is 2. The van der Waals surface area contributed by atoms with E-state index in [-0.39, 0.29) is 5.91 Å². The summed E-state index contributed by atoms with van der Waals surface area (Å²) in [5.41, 5.74) is 0.994. The van der Waals surface area contributed by atoms with E-state index in [2.05, 4.69) is 15.0 Å². The zero-order valence-electron chi connectivity index (χ0n) is 11.4. The van der Waals surface area contributed by atoms with E-state index in [0.29, 0.717) is 5.92 Å². The largest absolute Gasteiger partial charge is 0.343 e. The first-order valence-electron chi connectivity index (χ1n) is 6.80. The number of piperidine rings is 1. The zero-order chi connectivity index (χ0) is 13.9. The molecule has 2 aromatic heterocycles. The lowest BCUT2D eigenvalue weighted by atomic mass is 9.93. The second-order valence-corrected chi connectivity index (χ2v) is 5.02. The molecule has 20 heavy (non-hydrogen) atoms. The van der Waals surface area contributed by atoms with E-state index in [1.807, 2.05) is 15.7 Å². The van der Waals surface area contributed by atoms with E-state index in [1.54, 1.807) is 31.8 Å². The molecule has 1 amide bonds. The minimum Gasteiger partial charge on any atom is -0.343 e. The monoisotopic (exact) mass is 271 g/mol. The fourth-order valence-corrected chi connectivity index (χ4v) is 2.68. The van der Waals surface area contributed by atoms with Crippen molar-refractivity contribution in [3.63, 3.8) is 0 Å². The van der Waals surface area contributed by atoms with Crippen LogP contribution < -0.4 is 0 Å². The molecule has 0 saturated carbocycles. The van der Waals surface area contributed by atoms with E-state index in [4.69, 9.17) is 0 Å². The number of imidazole rings is 1. The lowest BCUT2D eigenvalue weighted by molar-refractivity contribution is -0.129. The highest BCUT2D eigenvalue weighted by Gasteiger charge is 2.25. The van der Waals surface area contributed by atoms with Crippen molar-refractivity contribution >= 4 is 5.91 Å². The van der Waals surface area contributed by atoms with Gasteiger partial charge in [-0.2, -0.15) is 0 Å². The van der Waals surface area contributed by atoms with Gasteiger partial charge in [-0.25, -0.2) is 9.97 Å². The number of hydrogen-bond acceptors (Lipinski definition) is 4. The van der Waals surface area contributed by atoms with Crippen LogP contribution in [0.25, 0.3) is 5.82 Å². The number of nitrogens with zero attached hydrogens (tertiary/aromatic N) is 5. The molecule has 0 aromatic carbocycles. The van der Waals surface area contributed by atoms with Crippen LogP contribution in [0.5, 0.6) is 0 Å². The third kappa shape index (κ3) is 2.41. The third-order valence-electron chi connectivity index (χ3n) is 3.78. The van der Waals surface area contributed by atoms with Crippen LogP contribution in [0, 0.1) is 0 Å². The number of aromatic nitrogens is 4. The van der Waals surface area contributed by atoms with Gasteiger partial charge in [0.15, 0.2) is 5.82 Å². The number of likely N-dealkylation sites (tertiary alicyclic amines) is 1. The summed E-state index contributed by atoms with van der Waals surface area (Å²) in [6.45, 7) is 3.21. The molecular weight excluding hydrogens is 254 g/mol. The van der Waals surface area contributed by atoms with Crippen LogP contribution in [0.1, 0.15) is 31.4 Å². The Bertz CT molecular complexity index is 587. The molecule has 0 radical (unpaired) electrons. The van der Waals surface area contributed by atoms with Crippen LogP contribution in [-0.2, 0) is 4.79 Å². The molecule has 104 valence electrons. The van der Waals surface area contributed by atoms with Crippen molar-refractivity contribution < 1.29 is 4.79 Å². The Labute approximate surface area is 117 Å². The summed E-state index contributed by atoms with van der Waals surface area (Å²) in [6.07, 6.45) is 10.6. The van der Waals surface area contributed by atoms with Gasteiger partial charge < -0.3 is 4.90 Å². The summed E-state index contributed by atoms with van der Waals surface area (Å²) in [5.74, 6) is 1.33. The maximum absolute atomic E-state index is 11.4. The molecule has 0 N–H and O–H groups in total. The Morgan fingerprint density at radius 3 is 2.60 bits per heavy atom.